The van der Waals surface area contributed by atoms with E-state index >= 15 is 0 Å². The molecule has 0 spiro atoms. The molecule has 4 rings (SSSR count). The summed E-state index contributed by atoms with van der Waals surface area (Å²) < 4.78 is 36.3. The molecule has 1 heterocycles. The van der Waals surface area contributed by atoms with Crippen LogP contribution in [0.2, 0.25) is 0 Å². The second-order valence-corrected chi connectivity index (χ2v) is 10.9. The minimum Gasteiger partial charge on any atom is -0.496 e. The number of benzene rings is 3. The predicted molar refractivity (Wildman–Crippen MR) is 162 cm³/mol. The van der Waals surface area contributed by atoms with Crippen LogP contribution in [-0.2, 0) is 69.8 Å². The number of alkyl halides is 3. The monoisotopic (exact) mass is 726 g/mol. The Kier molecular flexibility index (Phi) is 11.6. The molecule has 0 saturated carbocycles. The van der Waals surface area contributed by atoms with Crippen LogP contribution in [0, 0.1) is 0 Å². The molecular weight excluding hydrogens is 696 g/mol. The summed E-state index contributed by atoms with van der Waals surface area (Å²) in [5, 5.41) is 2.14. The molecule has 9 heteroatoms. The zero-order valence-electron chi connectivity index (χ0n) is 22.4. The normalized spacial score (nSPS) is 14.3. The van der Waals surface area contributed by atoms with E-state index < -0.39 is 0 Å². The van der Waals surface area contributed by atoms with E-state index in [0.29, 0.717) is 55.6 Å². The fourth-order valence-corrected chi connectivity index (χ4v) is 5.93. The van der Waals surface area contributed by atoms with Gasteiger partial charge in [0.1, 0.15) is 17.2 Å². The van der Waals surface area contributed by atoms with E-state index in [1.807, 2.05) is 0 Å². The fraction of sp³-hybridized carbons (Fsp3) is 0.400. The van der Waals surface area contributed by atoms with Gasteiger partial charge in [-0.25, -0.2) is 0 Å². The smallest absolute Gasteiger partial charge is 0.129 e. The van der Waals surface area contributed by atoms with E-state index in [0.717, 1.165) is 67.3 Å². The van der Waals surface area contributed by atoms with Crippen LogP contribution in [0.3, 0.4) is 0 Å². The lowest BCUT2D eigenvalue weighted by Gasteiger charge is -2.20. The average Bonchev–Trinajstić information content (AvgIpc) is 2.96. The maximum atomic E-state index is 6.24. The van der Waals surface area contributed by atoms with Crippen molar-refractivity contribution >= 4 is 47.8 Å². The minimum atomic E-state index is 0.384. The summed E-state index contributed by atoms with van der Waals surface area (Å²) in [6.07, 6.45) is 0. The molecule has 0 N–H and O–H groups in total. The molecule has 0 aliphatic carbocycles. The lowest BCUT2D eigenvalue weighted by atomic mass is 10.0. The molecule has 0 radical (unpaired) electrons. The Labute approximate surface area is 255 Å². The zero-order chi connectivity index (χ0) is 27.8. The van der Waals surface area contributed by atoms with Gasteiger partial charge in [-0.15, -0.1) is 0 Å². The van der Waals surface area contributed by atoms with Crippen LogP contribution < -0.4 is 14.2 Å². The molecule has 1 aliphatic heterocycles. The van der Waals surface area contributed by atoms with Crippen molar-refractivity contribution in [2.45, 2.75) is 55.6 Å². The molecule has 1 aliphatic rings. The van der Waals surface area contributed by atoms with Crippen molar-refractivity contribution in [3.8, 4) is 17.2 Å². The molecule has 0 unspecified atom stereocenters. The third-order valence-electron chi connectivity index (χ3n) is 6.53. The fourth-order valence-electron chi connectivity index (χ4n) is 4.95. The van der Waals surface area contributed by atoms with Crippen molar-refractivity contribution in [2.24, 2.45) is 0 Å². The lowest BCUT2D eigenvalue weighted by molar-refractivity contribution is 0.0926. The number of fused-ring (bicyclic) bond motifs is 6. The van der Waals surface area contributed by atoms with Crippen LogP contribution in [0.4, 0.5) is 0 Å². The first-order valence-corrected chi connectivity index (χ1v) is 15.9. The molecule has 3 aromatic carbocycles. The van der Waals surface area contributed by atoms with Gasteiger partial charge >= 0.3 is 0 Å². The van der Waals surface area contributed by atoms with Gasteiger partial charge in [-0.2, -0.15) is 0 Å². The van der Waals surface area contributed by atoms with Gasteiger partial charge in [0.25, 0.3) is 0 Å². The molecule has 3 aromatic rings. The minimum absolute atomic E-state index is 0.384. The van der Waals surface area contributed by atoms with Crippen LogP contribution >= 0.6 is 47.8 Å². The molecule has 0 aromatic heterocycles. The lowest BCUT2D eigenvalue weighted by Crippen LogP contribution is -2.08. The van der Waals surface area contributed by atoms with Gasteiger partial charge < -0.3 is 28.4 Å². The molecule has 0 atom stereocenters. The van der Waals surface area contributed by atoms with E-state index in [1.165, 1.54) is 0 Å². The largest absolute Gasteiger partial charge is 0.496 e. The predicted octanol–water partition coefficient (Wildman–Crippen LogP) is 7.86. The number of hydrogen-bond acceptors (Lipinski definition) is 6. The molecule has 210 valence electrons. The van der Waals surface area contributed by atoms with Crippen LogP contribution in [0.15, 0.2) is 36.4 Å². The Balaban J connectivity index is 1.80. The third kappa shape index (κ3) is 7.37. The van der Waals surface area contributed by atoms with E-state index in [1.54, 1.807) is 21.3 Å². The van der Waals surface area contributed by atoms with Crippen molar-refractivity contribution in [2.75, 3.05) is 21.3 Å². The van der Waals surface area contributed by atoms with Crippen molar-refractivity contribution < 1.29 is 28.4 Å². The summed E-state index contributed by atoms with van der Waals surface area (Å²) in [7, 11) is 5.06. The second kappa shape index (κ2) is 14.8. The summed E-state index contributed by atoms with van der Waals surface area (Å²) in [4.78, 5) is 0. The SMILES string of the molecule is COc1c2cc(CBr)cc1COCc1cc(CBr)cc(c1OC)COCc1cc(CBr)cc(c1OC)COC2. The van der Waals surface area contributed by atoms with Crippen LogP contribution in [0.5, 0.6) is 17.2 Å². The molecular formula is C30H33Br3O6. The second-order valence-electron chi connectivity index (χ2n) is 9.22. The standard InChI is InChI=1S/C30H33Br3O6/c1-34-28-22-4-19(10-31)5-23(28)14-38-16-25-7-21(12-33)9-27(30(25)36-3)18-39-17-26-8-20(11-32)6-24(15-37-13-22)29(26)35-2/h4-9H,10-18H2,1-3H3. The van der Waals surface area contributed by atoms with Gasteiger partial charge in [-0.05, 0) is 53.1 Å². The highest BCUT2D eigenvalue weighted by Crippen LogP contribution is 2.34. The summed E-state index contributed by atoms with van der Waals surface area (Å²) in [5.74, 6) is 2.33. The highest BCUT2D eigenvalue weighted by molar-refractivity contribution is 9.09. The van der Waals surface area contributed by atoms with E-state index in [-0.39, 0.29) is 0 Å². The molecule has 0 saturated heterocycles. The first-order valence-electron chi connectivity index (χ1n) is 12.5. The molecule has 39 heavy (non-hydrogen) atoms. The topological polar surface area (TPSA) is 55.4 Å². The van der Waals surface area contributed by atoms with Gasteiger partial charge in [0.05, 0.1) is 61.0 Å². The summed E-state index contributed by atoms with van der Waals surface area (Å²) in [5.41, 5.74) is 9.18. The van der Waals surface area contributed by atoms with Gasteiger partial charge in [0.15, 0.2) is 0 Å². The quantitative estimate of drug-likeness (QED) is 0.241. The van der Waals surface area contributed by atoms with Crippen LogP contribution in [0.25, 0.3) is 0 Å². The maximum Gasteiger partial charge on any atom is 0.129 e. The average molecular weight is 729 g/mol. The highest BCUT2D eigenvalue weighted by atomic mass is 79.9. The van der Waals surface area contributed by atoms with E-state index in [2.05, 4.69) is 84.2 Å². The number of methoxy groups -OCH3 is 3. The zero-order valence-corrected chi connectivity index (χ0v) is 27.2. The van der Waals surface area contributed by atoms with E-state index in [4.69, 9.17) is 28.4 Å². The number of rotatable bonds is 6. The summed E-state index contributed by atoms with van der Waals surface area (Å²) in [6, 6.07) is 12.6. The van der Waals surface area contributed by atoms with Gasteiger partial charge in [-0.1, -0.05) is 47.8 Å². The Morgan fingerprint density at radius 3 is 0.821 bits per heavy atom. The number of halogens is 3. The molecule has 6 nitrogen and oxygen atoms in total. The van der Waals surface area contributed by atoms with Crippen molar-refractivity contribution in [3.63, 3.8) is 0 Å². The van der Waals surface area contributed by atoms with Gasteiger partial charge in [0.2, 0.25) is 0 Å². The molecule has 0 fully saturated rings. The van der Waals surface area contributed by atoms with E-state index in [9.17, 15) is 0 Å². The highest BCUT2D eigenvalue weighted by Gasteiger charge is 2.18. The first-order chi connectivity index (χ1) is 19.0. The van der Waals surface area contributed by atoms with Crippen molar-refractivity contribution in [1.29, 1.82) is 0 Å². The maximum absolute atomic E-state index is 6.24. The number of hydrogen-bond donors (Lipinski definition) is 0. The Morgan fingerprint density at radius 1 is 0.462 bits per heavy atom. The number of ether oxygens (including phenoxy) is 6. The summed E-state index contributed by atoms with van der Waals surface area (Å²) in [6.45, 7) is 2.30. The Bertz CT molecular complexity index is 1050. The molecule has 0 amide bonds. The van der Waals surface area contributed by atoms with Gasteiger partial charge in [0, 0.05) is 49.4 Å². The first kappa shape index (κ1) is 30.3. The van der Waals surface area contributed by atoms with Crippen molar-refractivity contribution in [1.82, 2.24) is 0 Å². The third-order valence-corrected chi connectivity index (χ3v) is 8.47. The van der Waals surface area contributed by atoms with Crippen molar-refractivity contribution in [3.05, 3.63) is 86.5 Å². The molecule has 6 bridgehead atoms. The van der Waals surface area contributed by atoms with Crippen LogP contribution in [-0.4, -0.2) is 21.3 Å². The van der Waals surface area contributed by atoms with Crippen LogP contribution in [0.1, 0.15) is 50.1 Å². The Morgan fingerprint density at radius 2 is 0.667 bits per heavy atom. The summed E-state index contributed by atoms with van der Waals surface area (Å²) >= 11 is 10.8. The Hall–Kier alpha value is -1.62. The van der Waals surface area contributed by atoms with Gasteiger partial charge in [-0.3, -0.25) is 0 Å².